The van der Waals surface area contributed by atoms with Crippen LogP contribution in [0.15, 0.2) is 47.4 Å². The zero-order valence-corrected chi connectivity index (χ0v) is 21.0. The van der Waals surface area contributed by atoms with Gasteiger partial charge in [0.2, 0.25) is 10.0 Å². The minimum Gasteiger partial charge on any atom is -0.495 e. The number of hydrogen-bond donors (Lipinski definition) is 0. The number of nitrogens with zero attached hydrogens (tertiary/aromatic N) is 3. The summed E-state index contributed by atoms with van der Waals surface area (Å²) in [6.45, 7) is 2.27. The molecule has 0 radical (unpaired) electrons. The molecule has 1 fully saturated rings. The van der Waals surface area contributed by atoms with Crippen LogP contribution in [0, 0.1) is 5.82 Å². The van der Waals surface area contributed by atoms with Gasteiger partial charge in [-0.05, 0) is 62.8 Å². The molecule has 1 saturated heterocycles. The van der Waals surface area contributed by atoms with Gasteiger partial charge in [0, 0.05) is 38.3 Å². The van der Waals surface area contributed by atoms with Gasteiger partial charge in [0.15, 0.2) is 0 Å². The van der Waals surface area contributed by atoms with Crippen LogP contribution < -0.4 is 4.74 Å². The van der Waals surface area contributed by atoms with Crippen LogP contribution in [0.2, 0.25) is 0 Å². The third kappa shape index (κ3) is 6.55. The van der Waals surface area contributed by atoms with Crippen molar-refractivity contribution in [3.8, 4) is 5.75 Å². The number of likely N-dealkylation sites (N-methyl/N-ethyl adjacent to an activating group) is 1. The van der Waals surface area contributed by atoms with Gasteiger partial charge in [-0.2, -0.15) is 4.31 Å². The summed E-state index contributed by atoms with van der Waals surface area (Å²) in [4.78, 5) is 17.2. The fourth-order valence-corrected chi connectivity index (χ4v) is 5.70. The molecule has 186 valence electrons. The first kappa shape index (κ1) is 26.1. The normalized spacial score (nSPS) is 15.2. The van der Waals surface area contributed by atoms with Crippen LogP contribution in [-0.2, 0) is 16.6 Å². The van der Waals surface area contributed by atoms with Crippen molar-refractivity contribution < 1.29 is 22.3 Å². The summed E-state index contributed by atoms with van der Waals surface area (Å²) in [6, 6.07) is 10.6. The topological polar surface area (TPSA) is 70.2 Å². The zero-order chi connectivity index (χ0) is 24.7. The van der Waals surface area contributed by atoms with E-state index in [2.05, 4.69) is 0 Å². The smallest absolute Gasteiger partial charge is 0.254 e. The Balaban J connectivity index is 1.93. The van der Waals surface area contributed by atoms with Crippen LogP contribution in [0.25, 0.3) is 0 Å². The predicted molar refractivity (Wildman–Crippen MR) is 130 cm³/mol. The van der Waals surface area contributed by atoms with Gasteiger partial charge in [0.05, 0.1) is 7.11 Å². The molecule has 34 heavy (non-hydrogen) atoms. The summed E-state index contributed by atoms with van der Waals surface area (Å²) >= 11 is 0. The summed E-state index contributed by atoms with van der Waals surface area (Å²) in [5.74, 6) is -0.409. The van der Waals surface area contributed by atoms with E-state index < -0.39 is 10.0 Å². The Hall–Kier alpha value is -2.49. The fourth-order valence-electron chi connectivity index (χ4n) is 4.00. The lowest BCUT2D eigenvalue weighted by molar-refractivity contribution is 0.0731. The summed E-state index contributed by atoms with van der Waals surface area (Å²) in [6.07, 6.45) is 3.64. The number of ether oxygens (including phenoxy) is 1. The molecule has 0 atom stereocenters. The van der Waals surface area contributed by atoms with Gasteiger partial charge >= 0.3 is 0 Å². The van der Waals surface area contributed by atoms with Gasteiger partial charge in [0.1, 0.15) is 16.5 Å². The van der Waals surface area contributed by atoms with Gasteiger partial charge in [-0.3, -0.25) is 4.79 Å². The summed E-state index contributed by atoms with van der Waals surface area (Å²) in [5, 5.41) is 0. The van der Waals surface area contributed by atoms with Crippen LogP contribution in [0.1, 0.15) is 41.6 Å². The van der Waals surface area contributed by atoms with Gasteiger partial charge in [-0.15, -0.1) is 0 Å². The molecule has 0 aromatic heterocycles. The van der Waals surface area contributed by atoms with E-state index in [0.717, 1.165) is 31.2 Å². The lowest BCUT2D eigenvalue weighted by atomic mass is 10.1. The SMILES string of the molecule is COc1ccc(C(=O)N(CCN(C)C)Cc2ccc(F)cc2)cc1S(=O)(=O)N1CCCCCC1. The number of hydrogen-bond acceptors (Lipinski definition) is 5. The van der Waals surface area contributed by atoms with E-state index in [-0.39, 0.29) is 34.5 Å². The third-order valence-corrected chi connectivity index (χ3v) is 7.90. The molecule has 9 heteroatoms. The van der Waals surface area contributed by atoms with E-state index in [9.17, 15) is 17.6 Å². The molecule has 0 aliphatic carbocycles. The third-order valence-electron chi connectivity index (χ3n) is 5.98. The largest absolute Gasteiger partial charge is 0.495 e. The Kier molecular flexibility index (Phi) is 9.04. The lowest BCUT2D eigenvalue weighted by Crippen LogP contribution is -2.36. The standard InChI is InChI=1S/C25H34FN3O4S/c1-27(2)16-17-28(19-20-8-11-22(26)12-9-20)25(30)21-10-13-23(33-3)24(18-21)34(31,32)29-14-6-4-5-7-15-29/h8-13,18H,4-7,14-17,19H2,1-3H3. The van der Waals surface area contributed by atoms with Crippen LogP contribution >= 0.6 is 0 Å². The Morgan fingerprint density at radius 2 is 1.65 bits per heavy atom. The van der Waals surface area contributed by atoms with E-state index >= 15 is 0 Å². The highest BCUT2D eigenvalue weighted by atomic mass is 32.2. The first-order valence-corrected chi connectivity index (χ1v) is 13.0. The van der Waals surface area contributed by atoms with Crippen molar-refractivity contribution >= 4 is 15.9 Å². The first-order chi connectivity index (χ1) is 16.2. The van der Waals surface area contributed by atoms with Crippen molar-refractivity contribution in [2.75, 3.05) is 47.4 Å². The molecule has 0 N–H and O–H groups in total. The van der Waals surface area contributed by atoms with Gasteiger partial charge in [-0.1, -0.05) is 25.0 Å². The lowest BCUT2D eigenvalue weighted by Gasteiger charge is -2.26. The van der Waals surface area contributed by atoms with Crippen molar-refractivity contribution in [3.63, 3.8) is 0 Å². The monoisotopic (exact) mass is 491 g/mol. The summed E-state index contributed by atoms with van der Waals surface area (Å²) in [5.41, 5.74) is 1.06. The molecule has 0 unspecified atom stereocenters. The number of benzene rings is 2. The van der Waals surface area contributed by atoms with E-state index in [0.29, 0.717) is 26.2 Å². The molecular weight excluding hydrogens is 457 g/mol. The second kappa shape index (κ2) is 11.8. The molecule has 1 aliphatic rings. The van der Waals surface area contributed by atoms with Crippen molar-refractivity contribution in [3.05, 3.63) is 59.4 Å². The van der Waals surface area contributed by atoms with E-state index in [1.165, 1.54) is 29.6 Å². The van der Waals surface area contributed by atoms with Crippen molar-refractivity contribution in [1.82, 2.24) is 14.1 Å². The second-order valence-corrected chi connectivity index (χ2v) is 10.7. The molecular formula is C25H34FN3O4S. The molecule has 7 nitrogen and oxygen atoms in total. The van der Waals surface area contributed by atoms with Crippen LogP contribution in [0.4, 0.5) is 4.39 Å². The maximum atomic E-state index is 13.5. The zero-order valence-electron chi connectivity index (χ0n) is 20.2. The average molecular weight is 492 g/mol. The molecule has 2 aromatic carbocycles. The van der Waals surface area contributed by atoms with E-state index in [4.69, 9.17) is 4.74 Å². The molecule has 2 aromatic rings. The van der Waals surface area contributed by atoms with Crippen LogP contribution in [0.5, 0.6) is 5.75 Å². The summed E-state index contributed by atoms with van der Waals surface area (Å²) < 4.78 is 47.2. The quantitative estimate of drug-likeness (QED) is 0.536. The summed E-state index contributed by atoms with van der Waals surface area (Å²) in [7, 11) is 1.45. The number of amides is 1. The van der Waals surface area contributed by atoms with Crippen molar-refractivity contribution in [2.45, 2.75) is 37.1 Å². The van der Waals surface area contributed by atoms with Crippen molar-refractivity contribution in [1.29, 1.82) is 0 Å². The molecule has 0 bridgehead atoms. The number of methoxy groups -OCH3 is 1. The molecule has 1 aliphatic heterocycles. The number of carbonyl (C=O) groups excluding carboxylic acids is 1. The van der Waals surface area contributed by atoms with Crippen molar-refractivity contribution in [2.24, 2.45) is 0 Å². The Labute approximate surface area is 202 Å². The predicted octanol–water partition coefficient (Wildman–Crippen LogP) is 3.60. The maximum Gasteiger partial charge on any atom is 0.254 e. The highest BCUT2D eigenvalue weighted by Gasteiger charge is 2.30. The minimum absolute atomic E-state index is 0.0112. The second-order valence-electron chi connectivity index (χ2n) is 8.84. The van der Waals surface area contributed by atoms with E-state index in [1.54, 1.807) is 29.2 Å². The fraction of sp³-hybridized carbons (Fsp3) is 0.480. The number of rotatable bonds is 9. The maximum absolute atomic E-state index is 13.5. The Bertz CT molecular complexity index is 1070. The molecule has 0 spiro atoms. The number of sulfonamides is 1. The molecule has 1 heterocycles. The van der Waals surface area contributed by atoms with Crippen LogP contribution in [-0.4, -0.2) is 75.8 Å². The Morgan fingerprint density at radius 3 is 2.24 bits per heavy atom. The number of carbonyl (C=O) groups is 1. The van der Waals surface area contributed by atoms with Gasteiger partial charge in [-0.25, -0.2) is 12.8 Å². The average Bonchev–Trinajstić information content (AvgIpc) is 3.12. The van der Waals surface area contributed by atoms with Crippen LogP contribution in [0.3, 0.4) is 0 Å². The van der Waals surface area contributed by atoms with E-state index in [1.807, 2.05) is 19.0 Å². The van der Waals surface area contributed by atoms with Gasteiger partial charge < -0.3 is 14.5 Å². The Morgan fingerprint density at radius 1 is 1.00 bits per heavy atom. The molecule has 0 saturated carbocycles. The number of halogens is 1. The van der Waals surface area contributed by atoms with Gasteiger partial charge in [0.25, 0.3) is 5.91 Å². The first-order valence-electron chi connectivity index (χ1n) is 11.6. The molecule has 1 amide bonds. The highest BCUT2D eigenvalue weighted by molar-refractivity contribution is 7.89. The molecule has 3 rings (SSSR count). The highest BCUT2D eigenvalue weighted by Crippen LogP contribution is 2.30. The minimum atomic E-state index is -3.81.